The van der Waals surface area contributed by atoms with Crippen LogP contribution in [-0.2, 0) is 27.3 Å². The fourth-order valence-corrected chi connectivity index (χ4v) is 5.86. The number of amides is 2. The lowest BCUT2D eigenvalue weighted by Crippen LogP contribution is -2.47. The molecule has 160 valence electrons. The Morgan fingerprint density at radius 3 is 2.90 bits per heavy atom. The fraction of sp³-hybridized carbons (Fsp3) is 0.583. The van der Waals surface area contributed by atoms with Crippen molar-refractivity contribution >= 4 is 11.8 Å². The van der Waals surface area contributed by atoms with Gasteiger partial charge in [-0.3, -0.25) is 9.59 Å². The minimum atomic E-state index is -0.639. The van der Waals surface area contributed by atoms with Gasteiger partial charge >= 0.3 is 0 Å². The molecule has 2 saturated heterocycles. The summed E-state index contributed by atoms with van der Waals surface area (Å²) in [4.78, 5) is 30.7. The minimum absolute atomic E-state index is 0.00273. The maximum absolute atomic E-state index is 13.6. The van der Waals surface area contributed by atoms with Crippen molar-refractivity contribution < 1.29 is 19.4 Å². The number of aromatic hydroxyl groups is 1. The molecule has 5 rings (SSSR count). The molecule has 2 amide bonds. The third-order valence-corrected chi connectivity index (χ3v) is 7.65. The molecule has 30 heavy (non-hydrogen) atoms. The molecular formula is C24H30N2O4. The topological polar surface area (TPSA) is 70.1 Å². The van der Waals surface area contributed by atoms with Gasteiger partial charge in [0.25, 0.3) is 0 Å². The first kappa shape index (κ1) is 19.6. The Labute approximate surface area is 177 Å². The lowest BCUT2D eigenvalue weighted by molar-refractivity contribution is -0.144. The smallest absolute Gasteiger partial charge is 0.230 e. The molecule has 6 heteroatoms. The number of rotatable bonds is 5. The van der Waals surface area contributed by atoms with Crippen LogP contribution in [-0.4, -0.2) is 58.1 Å². The van der Waals surface area contributed by atoms with Crippen LogP contribution in [0.1, 0.15) is 37.8 Å². The second-order valence-corrected chi connectivity index (χ2v) is 9.23. The van der Waals surface area contributed by atoms with E-state index >= 15 is 0 Å². The van der Waals surface area contributed by atoms with Crippen LogP contribution in [0.2, 0.25) is 0 Å². The van der Waals surface area contributed by atoms with E-state index in [1.54, 1.807) is 6.07 Å². The number of carbonyl (C=O) groups is 2. The quantitative estimate of drug-likeness (QED) is 0.758. The number of phenols is 1. The standard InChI is InChI=1S/C24H30N2O4/c1-3-15(4-2)12-26-14-24-10-8-19(30-24)20(21(24)23(26)29)22(28)25-11-9-17-16(13-25)6-5-7-18(17)27/h5-8,10,15,19-21,27H,3-4,9,11-14H2,1-2H3/t19-,20-,21-,24-/m0/s1. The Morgan fingerprint density at radius 1 is 1.33 bits per heavy atom. The lowest BCUT2D eigenvalue weighted by Gasteiger charge is -2.34. The molecule has 1 aromatic carbocycles. The zero-order chi connectivity index (χ0) is 21.0. The highest BCUT2D eigenvalue weighted by Gasteiger charge is 2.67. The van der Waals surface area contributed by atoms with E-state index in [4.69, 9.17) is 4.74 Å². The van der Waals surface area contributed by atoms with Crippen LogP contribution in [0.25, 0.3) is 0 Å². The van der Waals surface area contributed by atoms with Crippen molar-refractivity contribution in [2.24, 2.45) is 17.8 Å². The van der Waals surface area contributed by atoms with Gasteiger partial charge in [0.05, 0.1) is 24.5 Å². The number of likely N-dealkylation sites (tertiary alicyclic amines) is 1. The zero-order valence-corrected chi connectivity index (χ0v) is 17.7. The number of ether oxygens (including phenoxy) is 1. The predicted octanol–water partition coefficient (Wildman–Crippen LogP) is 2.50. The second kappa shape index (κ2) is 7.12. The zero-order valence-electron chi connectivity index (χ0n) is 17.7. The molecule has 2 bridgehead atoms. The van der Waals surface area contributed by atoms with E-state index in [0.29, 0.717) is 37.7 Å². The van der Waals surface area contributed by atoms with Gasteiger partial charge in [-0.1, -0.05) is 51.0 Å². The molecule has 4 aliphatic heterocycles. The highest BCUT2D eigenvalue weighted by Crippen LogP contribution is 2.52. The minimum Gasteiger partial charge on any atom is -0.508 e. The van der Waals surface area contributed by atoms with Gasteiger partial charge in [-0.05, 0) is 24.0 Å². The molecule has 0 unspecified atom stereocenters. The first-order valence-electron chi connectivity index (χ1n) is 11.2. The molecule has 2 fully saturated rings. The van der Waals surface area contributed by atoms with E-state index in [-0.39, 0.29) is 17.9 Å². The van der Waals surface area contributed by atoms with Gasteiger partial charge in [0.15, 0.2) is 0 Å². The molecule has 4 aliphatic rings. The van der Waals surface area contributed by atoms with Gasteiger partial charge in [-0.2, -0.15) is 0 Å². The number of hydrogen-bond donors (Lipinski definition) is 1. The van der Waals surface area contributed by atoms with Gasteiger partial charge in [0.1, 0.15) is 11.4 Å². The van der Waals surface area contributed by atoms with Gasteiger partial charge < -0.3 is 19.6 Å². The van der Waals surface area contributed by atoms with Crippen molar-refractivity contribution in [3.8, 4) is 5.75 Å². The number of carbonyl (C=O) groups excluding carboxylic acids is 2. The first-order chi connectivity index (χ1) is 14.5. The lowest BCUT2D eigenvalue weighted by atomic mass is 9.76. The summed E-state index contributed by atoms with van der Waals surface area (Å²) >= 11 is 0. The van der Waals surface area contributed by atoms with Crippen molar-refractivity contribution in [3.63, 3.8) is 0 Å². The van der Waals surface area contributed by atoms with E-state index in [9.17, 15) is 14.7 Å². The van der Waals surface area contributed by atoms with Crippen LogP contribution in [0, 0.1) is 17.8 Å². The first-order valence-corrected chi connectivity index (χ1v) is 11.2. The summed E-state index contributed by atoms with van der Waals surface area (Å²) in [6, 6.07) is 5.47. The average Bonchev–Trinajstić information content (AvgIpc) is 3.39. The molecule has 0 radical (unpaired) electrons. The molecule has 0 saturated carbocycles. The molecular weight excluding hydrogens is 380 g/mol. The second-order valence-electron chi connectivity index (χ2n) is 9.23. The Balaban J connectivity index is 1.37. The summed E-state index contributed by atoms with van der Waals surface area (Å²) < 4.78 is 6.29. The molecule has 0 aliphatic carbocycles. The van der Waals surface area contributed by atoms with Gasteiger partial charge in [0, 0.05) is 25.2 Å². The maximum Gasteiger partial charge on any atom is 0.230 e. The van der Waals surface area contributed by atoms with Crippen LogP contribution < -0.4 is 0 Å². The number of benzene rings is 1. The Kier molecular flexibility index (Phi) is 4.65. The van der Waals surface area contributed by atoms with Gasteiger partial charge in [-0.15, -0.1) is 0 Å². The summed E-state index contributed by atoms with van der Waals surface area (Å²) in [6.07, 6.45) is 6.41. The van der Waals surface area contributed by atoms with Crippen molar-refractivity contribution in [1.82, 2.24) is 9.80 Å². The van der Waals surface area contributed by atoms with Crippen molar-refractivity contribution in [2.75, 3.05) is 19.6 Å². The van der Waals surface area contributed by atoms with E-state index in [2.05, 4.69) is 13.8 Å². The molecule has 1 spiro atoms. The predicted molar refractivity (Wildman–Crippen MR) is 112 cm³/mol. The number of phenolic OH excluding ortho intramolecular Hbond substituents is 1. The fourth-order valence-electron chi connectivity index (χ4n) is 5.86. The third kappa shape index (κ3) is 2.80. The highest BCUT2D eigenvalue weighted by atomic mass is 16.5. The molecule has 1 aromatic rings. The van der Waals surface area contributed by atoms with E-state index in [1.807, 2.05) is 34.1 Å². The highest BCUT2D eigenvalue weighted by molar-refractivity contribution is 5.93. The Morgan fingerprint density at radius 2 is 2.13 bits per heavy atom. The van der Waals surface area contributed by atoms with Crippen LogP contribution in [0.3, 0.4) is 0 Å². The molecule has 0 aromatic heterocycles. The van der Waals surface area contributed by atoms with Crippen LogP contribution in [0.15, 0.2) is 30.4 Å². The largest absolute Gasteiger partial charge is 0.508 e. The average molecular weight is 411 g/mol. The van der Waals surface area contributed by atoms with Gasteiger partial charge in [-0.25, -0.2) is 0 Å². The van der Waals surface area contributed by atoms with Crippen LogP contribution >= 0.6 is 0 Å². The normalized spacial score (nSPS) is 31.6. The summed E-state index contributed by atoms with van der Waals surface area (Å²) in [7, 11) is 0. The summed E-state index contributed by atoms with van der Waals surface area (Å²) in [6.45, 7) is 6.65. The molecule has 4 atom stereocenters. The number of hydrogen-bond acceptors (Lipinski definition) is 4. The Hall–Kier alpha value is -2.34. The van der Waals surface area contributed by atoms with E-state index < -0.39 is 17.4 Å². The Bertz CT molecular complexity index is 908. The summed E-state index contributed by atoms with van der Waals surface area (Å²) in [5.74, 6) is -0.0170. The monoisotopic (exact) mass is 410 g/mol. The van der Waals surface area contributed by atoms with Crippen molar-refractivity contribution in [1.29, 1.82) is 0 Å². The van der Waals surface area contributed by atoms with E-state index in [0.717, 1.165) is 30.5 Å². The van der Waals surface area contributed by atoms with Gasteiger partial charge in [0.2, 0.25) is 11.8 Å². The molecule has 4 heterocycles. The maximum atomic E-state index is 13.6. The summed E-state index contributed by atoms with van der Waals surface area (Å²) in [5.41, 5.74) is 1.27. The van der Waals surface area contributed by atoms with Crippen molar-refractivity contribution in [2.45, 2.75) is 51.4 Å². The molecule has 6 nitrogen and oxygen atoms in total. The number of fused-ring (bicyclic) bond motifs is 2. The van der Waals surface area contributed by atoms with Crippen LogP contribution in [0.5, 0.6) is 5.75 Å². The van der Waals surface area contributed by atoms with Crippen molar-refractivity contribution in [3.05, 3.63) is 41.5 Å². The van der Waals surface area contributed by atoms with Crippen LogP contribution in [0.4, 0.5) is 0 Å². The molecule has 1 N–H and O–H groups in total. The summed E-state index contributed by atoms with van der Waals surface area (Å²) in [5, 5.41) is 10.1. The third-order valence-electron chi connectivity index (χ3n) is 7.65. The van der Waals surface area contributed by atoms with E-state index in [1.165, 1.54) is 0 Å². The number of nitrogens with zero attached hydrogens (tertiary/aromatic N) is 2. The SMILES string of the molecule is CCC(CC)CN1C[C@]23C=C[C@H](O2)[C@H](C(=O)N2CCc4c(O)cccc4C2)[C@H]3C1=O.